The lowest BCUT2D eigenvalue weighted by molar-refractivity contribution is 0.0217. The third-order valence-corrected chi connectivity index (χ3v) is 6.51. The maximum absolute atomic E-state index is 12.7. The van der Waals surface area contributed by atoms with Crippen molar-refractivity contribution in [3.05, 3.63) is 41.8 Å². The number of Topliss-reactive ketones (excluding diaryl/α,β-unsaturated/α-hetero) is 1. The molecule has 7 heteroatoms. The zero-order chi connectivity index (χ0) is 19.0. The Hall–Kier alpha value is -2.12. The molecule has 0 aliphatic carbocycles. The van der Waals surface area contributed by atoms with Crippen molar-refractivity contribution < 1.29 is 14.0 Å². The van der Waals surface area contributed by atoms with E-state index in [4.69, 9.17) is 4.42 Å². The Morgan fingerprint density at radius 1 is 1.22 bits per heavy atom. The van der Waals surface area contributed by atoms with Crippen molar-refractivity contribution in [2.24, 2.45) is 5.92 Å². The molecule has 4 heterocycles. The maximum Gasteiger partial charge on any atom is 0.261 e. The normalized spacial score (nSPS) is 26.7. The lowest BCUT2D eigenvalue weighted by Crippen LogP contribution is -2.62. The fourth-order valence-electron chi connectivity index (χ4n) is 4.02. The van der Waals surface area contributed by atoms with Crippen LogP contribution < -0.4 is 5.32 Å². The number of ketones is 1. The molecular formula is C20H23N3O3S. The summed E-state index contributed by atoms with van der Waals surface area (Å²) in [5, 5.41) is 3.66. The predicted molar refractivity (Wildman–Crippen MR) is 102 cm³/mol. The first-order valence-electron chi connectivity index (χ1n) is 9.30. The van der Waals surface area contributed by atoms with E-state index in [2.05, 4.69) is 22.1 Å². The molecular weight excluding hydrogens is 362 g/mol. The number of rotatable bonds is 5. The van der Waals surface area contributed by atoms with Gasteiger partial charge in [-0.15, -0.1) is 0 Å². The number of carbonyl (C=O) groups excluding carboxylic acids is 2. The molecule has 2 aromatic rings. The second-order valence-corrected chi connectivity index (χ2v) is 8.32. The average molecular weight is 385 g/mol. The van der Waals surface area contributed by atoms with Gasteiger partial charge >= 0.3 is 0 Å². The third-order valence-electron chi connectivity index (χ3n) is 5.64. The van der Waals surface area contributed by atoms with Gasteiger partial charge in [-0.05, 0) is 74.8 Å². The second-order valence-electron chi connectivity index (χ2n) is 7.29. The molecule has 3 aliphatic heterocycles. The van der Waals surface area contributed by atoms with E-state index in [0.717, 1.165) is 18.0 Å². The Morgan fingerprint density at radius 2 is 1.93 bits per heavy atom. The SMILES string of the molecule is CC(=O)c1coc(Sc2ccc(C(=O)N[C@@H]3C4CCN(CC4)[C@@H]3C)cc2)n1. The van der Waals surface area contributed by atoms with E-state index in [-0.39, 0.29) is 17.7 Å². The van der Waals surface area contributed by atoms with Gasteiger partial charge in [0.25, 0.3) is 11.1 Å². The molecule has 2 bridgehead atoms. The highest BCUT2D eigenvalue weighted by Gasteiger charge is 2.40. The molecule has 0 spiro atoms. The molecule has 142 valence electrons. The number of nitrogens with one attached hydrogen (secondary N) is 1. The van der Waals surface area contributed by atoms with Crippen LogP contribution in [0.4, 0.5) is 0 Å². The standard InChI is InChI=1S/C20H23N3O3S/c1-12-18(14-7-9-23(12)10-8-14)22-19(25)15-3-5-16(6-4-15)27-20-21-17(11-26-20)13(2)24/h3-6,11-12,14,18H,7-10H2,1-2H3,(H,22,25)/t12-,18+/m1/s1. The maximum atomic E-state index is 12.7. The van der Waals surface area contributed by atoms with Gasteiger partial charge < -0.3 is 9.73 Å². The number of hydrogen-bond acceptors (Lipinski definition) is 6. The van der Waals surface area contributed by atoms with E-state index < -0.39 is 0 Å². The van der Waals surface area contributed by atoms with Crippen LogP contribution in [-0.2, 0) is 0 Å². The summed E-state index contributed by atoms with van der Waals surface area (Å²) in [6.45, 7) is 5.96. The first-order valence-corrected chi connectivity index (χ1v) is 10.1. The Morgan fingerprint density at radius 3 is 2.52 bits per heavy atom. The van der Waals surface area contributed by atoms with E-state index in [1.54, 1.807) is 0 Å². The second kappa shape index (κ2) is 7.48. The number of carbonyl (C=O) groups is 2. The van der Waals surface area contributed by atoms with Gasteiger partial charge in [0, 0.05) is 29.5 Å². The first-order chi connectivity index (χ1) is 13.0. The highest BCUT2D eigenvalue weighted by Crippen LogP contribution is 2.32. The molecule has 1 aromatic heterocycles. The van der Waals surface area contributed by atoms with Crippen molar-refractivity contribution in [2.75, 3.05) is 13.1 Å². The number of fused-ring (bicyclic) bond motifs is 3. The van der Waals surface area contributed by atoms with Crippen molar-refractivity contribution in [1.29, 1.82) is 0 Å². The van der Waals surface area contributed by atoms with Gasteiger partial charge in [0.1, 0.15) is 12.0 Å². The monoisotopic (exact) mass is 385 g/mol. The van der Waals surface area contributed by atoms with Crippen LogP contribution in [0.15, 0.2) is 45.1 Å². The zero-order valence-electron chi connectivity index (χ0n) is 15.5. The molecule has 3 aliphatic rings. The summed E-state index contributed by atoms with van der Waals surface area (Å²) in [4.78, 5) is 31.5. The van der Waals surface area contributed by atoms with E-state index in [9.17, 15) is 9.59 Å². The summed E-state index contributed by atoms with van der Waals surface area (Å²) in [5.74, 6) is 0.441. The topological polar surface area (TPSA) is 75.4 Å². The van der Waals surface area contributed by atoms with E-state index in [0.29, 0.717) is 28.4 Å². The quantitative estimate of drug-likeness (QED) is 0.797. The summed E-state index contributed by atoms with van der Waals surface area (Å²) in [5.41, 5.74) is 0.972. The Labute approximate surface area is 162 Å². The minimum absolute atomic E-state index is 0.0212. The predicted octanol–water partition coefficient (Wildman–Crippen LogP) is 3.24. The van der Waals surface area contributed by atoms with Crippen molar-refractivity contribution >= 4 is 23.5 Å². The highest BCUT2D eigenvalue weighted by molar-refractivity contribution is 7.99. The van der Waals surface area contributed by atoms with Gasteiger partial charge in [0.15, 0.2) is 5.78 Å². The molecule has 27 heavy (non-hydrogen) atoms. The van der Waals surface area contributed by atoms with Crippen molar-refractivity contribution in [2.45, 2.75) is 48.9 Å². The van der Waals surface area contributed by atoms with Crippen LogP contribution in [0, 0.1) is 5.92 Å². The van der Waals surface area contributed by atoms with Crippen molar-refractivity contribution in [1.82, 2.24) is 15.2 Å². The number of aromatic nitrogens is 1. The van der Waals surface area contributed by atoms with E-state index in [1.807, 2.05) is 24.3 Å². The third kappa shape index (κ3) is 3.80. The fraction of sp³-hybridized carbons (Fsp3) is 0.450. The minimum atomic E-state index is -0.125. The molecule has 3 saturated heterocycles. The number of amides is 1. The Balaban J connectivity index is 1.39. The van der Waals surface area contributed by atoms with Crippen LogP contribution in [0.5, 0.6) is 0 Å². The van der Waals surface area contributed by atoms with Crippen molar-refractivity contribution in [3.8, 4) is 0 Å². The number of nitrogens with zero attached hydrogens (tertiary/aromatic N) is 2. The number of oxazole rings is 1. The van der Waals surface area contributed by atoms with E-state index >= 15 is 0 Å². The average Bonchev–Trinajstić information content (AvgIpc) is 3.14. The highest BCUT2D eigenvalue weighted by atomic mass is 32.2. The number of benzene rings is 1. The largest absolute Gasteiger partial charge is 0.439 e. The van der Waals surface area contributed by atoms with Crippen LogP contribution in [0.25, 0.3) is 0 Å². The number of piperidine rings is 3. The van der Waals surface area contributed by atoms with Gasteiger partial charge in [-0.2, -0.15) is 0 Å². The number of hydrogen-bond donors (Lipinski definition) is 1. The van der Waals surface area contributed by atoms with Crippen LogP contribution >= 0.6 is 11.8 Å². The van der Waals surface area contributed by atoms with Gasteiger partial charge in [-0.3, -0.25) is 14.5 Å². The van der Waals surface area contributed by atoms with E-state index in [1.165, 1.54) is 37.8 Å². The Kier molecular flexibility index (Phi) is 5.06. The molecule has 3 fully saturated rings. The van der Waals surface area contributed by atoms with Crippen LogP contribution in [-0.4, -0.2) is 46.7 Å². The van der Waals surface area contributed by atoms with Crippen LogP contribution in [0.1, 0.15) is 47.5 Å². The van der Waals surface area contributed by atoms with Gasteiger partial charge in [-0.1, -0.05) is 0 Å². The van der Waals surface area contributed by atoms with Crippen LogP contribution in [0.2, 0.25) is 0 Å². The molecule has 1 N–H and O–H groups in total. The zero-order valence-corrected chi connectivity index (χ0v) is 16.3. The molecule has 1 aromatic carbocycles. The molecule has 6 nitrogen and oxygen atoms in total. The van der Waals surface area contributed by atoms with Gasteiger partial charge in [0.05, 0.1) is 0 Å². The minimum Gasteiger partial charge on any atom is -0.439 e. The smallest absolute Gasteiger partial charge is 0.261 e. The molecule has 5 rings (SSSR count). The lowest BCUT2D eigenvalue weighted by atomic mass is 9.79. The molecule has 0 saturated carbocycles. The summed E-state index contributed by atoms with van der Waals surface area (Å²) < 4.78 is 5.30. The summed E-state index contributed by atoms with van der Waals surface area (Å²) in [7, 11) is 0. The van der Waals surface area contributed by atoms with Gasteiger partial charge in [-0.25, -0.2) is 4.98 Å². The summed E-state index contributed by atoms with van der Waals surface area (Å²) >= 11 is 1.32. The lowest BCUT2D eigenvalue weighted by Gasteiger charge is -2.49. The molecule has 0 radical (unpaired) electrons. The van der Waals surface area contributed by atoms with Crippen LogP contribution in [0.3, 0.4) is 0 Å². The Bertz CT molecular complexity index is 838. The summed E-state index contributed by atoms with van der Waals surface area (Å²) in [6.07, 6.45) is 3.70. The molecule has 1 amide bonds. The molecule has 0 unspecified atom stereocenters. The van der Waals surface area contributed by atoms with Gasteiger partial charge in [0.2, 0.25) is 0 Å². The van der Waals surface area contributed by atoms with Crippen molar-refractivity contribution in [3.63, 3.8) is 0 Å². The fourth-order valence-corrected chi connectivity index (χ4v) is 4.74. The first kappa shape index (κ1) is 18.3. The molecule has 2 atom stereocenters. The summed E-state index contributed by atoms with van der Waals surface area (Å²) in [6, 6.07) is 8.01.